The number of carbonyl (C=O) groups is 1. The third kappa shape index (κ3) is 4.73. The van der Waals surface area contributed by atoms with Crippen molar-refractivity contribution in [2.75, 3.05) is 6.54 Å². The van der Waals surface area contributed by atoms with Gasteiger partial charge in [0.2, 0.25) is 0 Å². The molecule has 1 amide bonds. The van der Waals surface area contributed by atoms with Crippen LogP contribution in [0, 0.1) is 0 Å². The molecule has 3 heteroatoms. The van der Waals surface area contributed by atoms with Gasteiger partial charge >= 0.3 is 6.09 Å². The van der Waals surface area contributed by atoms with Crippen LogP contribution in [0.5, 0.6) is 0 Å². The van der Waals surface area contributed by atoms with Crippen molar-refractivity contribution in [2.45, 2.75) is 77.9 Å². The molecule has 1 atom stereocenters. The minimum Gasteiger partial charge on any atom is -0.444 e. The predicted molar refractivity (Wildman–Crippen MR) is 94.7 cm³/mol. The van der Waals surface area contributed by atoms with Crippen LogP contribution in [0.2, 0.25) is 0 Å². The van der Waals surface area contributed by atoms with Crippen molar-refractivity contribution in [2.24, 2.45) is 0 Å². The number of amides is 1. The molecule has 1 saturated heterocycles. The van der Waals surface area contributed by atoms with Crippen molar-refractivity contribution in [3.05, 3.63) is 35.4 Å². The molecule has 0 unspecified atom stereocenters. The summed E-state index contributed by atoms with van der Waals surface area (Å²) in [6.07, 6.45) is 3.02. The average molecular weight is 317 g/mol. The van der Waals surface area contributed by atoms with E-state index in [0.717, 1.165) is 25.8 Å². The second-order valence-electron chi connectivity index (χ2n) is 8.56. The molecule has 0 bridgehead atoms. The van der Waals surface area contributed by atoms with Crippen LogP contribution in [0.25, 0.3) is 0 Å². The van der Waals surface area contributed by atoms with Gasteiger partial charge in [-0.3, -0.25) is 0 Å². The molecule has 128 valence electrons. The molecule has 0 radical (unpaired) electrons. The molecule has 0 aliphatic carbocycles. The topological polar surface area (TPSA) is 29.5 Å². The van der Waals surface area contributed by atoms with E-state index < -0.39 is 5.60 Å². The van der Waals surface area contributed by atoms with E-state index in [1.807, 2.05) is 25.7 Å². The van der Waals surface area contributed by atoms with E-state index in [1.165, 1.54) is 11.1 Å². The minimum atomic E-state index is -0.449. The van der Waals surface area contributed by atoms with E-state index in [9.17, 15) is 4.79 Å². The van der Waals surface area contributed by atoms with E-state index in [-0.39, 0.29) is 17.6 Å². The van der Waals surface area contributed by atoms with Gasteiger partial charge < -0.3 is 9.64 Å². The number of benzene rings is 1. The number of hydrogen-bond acceptors (Lipinski definition) is 2. The third-order valence-electron chi connectivity index (χ3n) is 4.29. The molecular weight excluding hydrogens is 286 g/mol. The molecule has 2 rings (SSSR count). The van der Waals surface area contributed by atoms with Gasteiger partial charge in [0.15, 0.2) is 0 Å². The van der Waals surface area contributed by atoms with Crippen molar-refractivity contribution in [3.8, 4) is 0 Å². The van der Waals surface area contributed by atoms with Crippen LogP contribution in [0.15, 0.2) is 24.3 Å². The van der Waals surface area contributed by atoms with Crippen LogP contribution in [-0.4, -0.2) is 23.1 Å². The molecule has 1 aromatic carbocycles. The SMILES string of the molecule is CC(C)(C)OC(=O)N1CCCC[C@@H]1c1ccc(C(C)(C)C)cc1. The Morgan fingerprint density at radius 3 is 2.17 bits per heavy atom. The lowest BCUT2D eigenvalue weighted by atomic mass is 9.85. The lowest BCUT2D eigenvalue weighted by Crippen LogP contribution is -2.41. The van der Waals surface area contributed by atoms with Crippen LogP contribution in [0.3, 0.4) is 0 Å². The maximum absolute atomic E-state index is 12.5. The van der Waals surface area contributed by atoms with Crippen molar-refractivity contribution in [3.63, 3.8) is 0 Å². The van der Waals surface area contributed by atoms with Gasteiger partial charge in [-0.1, -0.05) is 45.0 Å². The van der Waals surface area contributed by atoms with Crippen molar-refractivity contribution in [1.82, 2.24) is 4.90 Å². The molecule has 1 fully saturated rings. The number of likely N-dealkylation sites (tertiary alicyclic amines) is 1. The normalized spacial score (nSPS) is 19.6. The first-order valence-electron chi connectivity index (χ1n) is 8.68. The summed E-state index contributed by atoms with van der Waals surface area (Å²) in [6, 6.07) is 8.86. The molecule has 0 saturated carbocycles. The van der Waals surface area contributed by atoms with Gasteiger partial charge in [0.1, 0.15) is 5.60 Å². The highest BCUT2D eigenvalue weighted by Crippen LogP contribution is 2.33. The number of carbonyl (C=O) groups excluding carboxylic acids is 1. The third-order valence-corrected chi connectivity index (χ3v) is 4.29. The molecule has 0 spiro atoms. The summed E-state index contributed by atoms with van der Waals surface area (Å²) >= 11 is 0. The van der Waals surface area contributed by atoms with Crippen molar-refractivity contribution >= 4 is 6.09 Å². The maximum Gasteiger partial charge on any atom is 0.410 e. The first-order chi connectivity index (χ1) is 10.6. The molecule has 1 aliphatic rings. The lowest BCUT2D eigenvalue weighted by molar-refractivity contribution is 0.00951. The average Bonchev–Trinajstić information content (AvgIpc) is 2.45. The summed E-state index contributed by atoms with van der Waals surface area (Å²) in [7, 11) is 0. The van der Waals surface area contributed by atoms with Crippen LogP contribution >= 0.6 is 0 Å². The summed E-state index contributed by atoms with van der Waals surface area (Å²) in [4.78, 5) is 14.4. The van der Waals surface area contributed by atoms with E-state index in [1.54, 1.807) is 0 Å². The molecule has 3 nitrogen and oxygen atoms in total. The number of piperidine rings is 1. The fraction of sp³-hybridized carbons (Fsp3) is 0.650. The Kier molecular flexibility index (Phi) is 5.07. The Bertz CT molecular complexity index is 534. The van der Waals surface area contributed by atoms with Gasteiger partial charge in [-0.25, -0.2) is 4.79 Å². The number of ether oxygens (including phenoxy) is 1. The van der Waals surface area contributed by atoms with Gasteiger partial charge in [-0.05, 0) is 56.6 Å². The summed E-state index contributed by atoms with van der Waals surface area (Å²) < 4.78 is 5.59. The predicted octanol–water partition coefficient (Wildman–Crippen LogP) is 5.45. The number of nitrogens with zero attached hydrogens (tertiary/aromatic N) is 1. The molecular formula is C20H31NO2. The molecule has 0 aromatic heterocycles. The standard InChI is InChI=1S/C20H31NO2/c1-19(2,3)16-12-10-15(11-13-16)17-9-7-8-14-21(17)18(22)23-20(4,5)6/h10-13,17H,7-9,14H2,1-6H3/t17-/m1/s1. The second-order valence-corrected chi connectivity index (χ2v) is 8.56. The van der Waals surface area contributed by atoms with E-state index in [2.05, 4.69) is 45.0 Å². The summed E-state index contributed by atoms with van der Waals surface area (Å²) in [6.45, 7) is 13.2. The Labute approximate surface area is 141 Å². The summed E-state index contributed by atoms with van der Waals surface area (Å²) in [5, 5.41) is 0. The smallest absolute Gasteiger partial charge is 0.410 e. The van der Waals surface area contributed by atoms with Gasteiger partial charge in [0, 0.05) is 6.54 Å². The fourth-order valence-corrected chi connectivity index (χ4v) is 3.02. The largest absolute Gasteiger partial charge is 0.444 e. The lowest BCUT2D eigenvalue weighted by Gasteiger charge is -2.37. The monoisotopic (exact) mass is 317 g/mol. The Balaban J connectivity index is 2.19. The molecule has 1 aliphatic heterocycles. The highest BCUT2D eigenvalue weighted by atomic mass is 16.6. The van der Waals surface area contributed by atoms with Crippen molar-refractivity contribution in [1.29, 1.82) is 0 Å². The van der Waals surface area contributed by atoms with E-state index in [0.29, 0.717) is 0 Å². The maximum atomic E-state index is 12.5. The number of rotatable bonds is 1. The Hall–Kier alpha value is -1.51. The highest BCUT2D eigenvalue weighted by molar-refractivity contribution is 5.69. The zero-order valence-corrected chi connectivity index (χ0v) is 15.5. The van der Waals surface area contributed by atoms with Gasteiger partial charge in [0.05, 0.1) is 6.04 Å². The highest BCUT2D eigenvalue weighted by Gasteiger charge is 2.31. The van der Waals surface area contributed by atoms with Crippen molar-refractivity contribution < 1.29 is 9.53 Å². The van der Waals surface area contributed by atoms with Crippen LogP contribution in [0.4, 0.5) is 4.79 Å². The quantitative estimate of drug-likeness (QED) is 0.689. The summed E-state index contributed by atoms with van der Waals surface area (Å²) in [5.74, 6) is 0. The first-order valence-corrected chi connectivity index (χ1v) is 8.68. The van der Waals surface area contributed by atoms with Gasteiger partial charge in [0.25, 0.3) is 0 Å². The zero-order valence-electron chi connectivity index (χ0n) is 15.5. The van der Waals surface area contributed by atoms with Crippen LogP contribution in [0.1, 0.15) is 78.0 Å². The Morgan fingerprint density at radius 1 is 1.04 bits per heavy atom. The summed E-state index contributed by atoms with van der Waals surface area (Å²) in [5.41, 5.74) is 2.23. The van der Waals surface area contributed by atoms with E-state index >= 15 is 0 Å². The molecule has 1 heterocycles. The zero-order chi connectivity index (χ0) is 17.3. The second kappa shape index (κ2) is 6.54. The first kappa shape index (κ1) is 17.8. The molecule has 23 heavy (non-hydrogen) atoms. The van der Waals surface area contributed by atoms with Crippen LogP contribution < -0.4 is 0 Å². The van der Waals surface area contributed by atoms with Gasteiger partial charge in [-0.2, -0.15) is 0 Å². The minimum absolute atomic E-state index is 0.132. The van der Waals surface area contributed by atoms with Crippen LogP contribution in [-0.2, 0) is 10.2 Å². The molecule has 1 aromatic rings. The number of hydrogen-bond donors (Lipinski definition) is 0. The van der Waals surface area contributed by atoms with E-state index in [4.69, 9.17) is 4.74 Å². The van der Waals surface area contributed by atoms with Gasteiger partial charge in [-0.15, -0.1) is 0 Å². The fourth-order valence-electron chi connectivity index (χ4n) is 3.02. The molecule has 0 N–H and O–H groups in total. The Morgan fingerprint density at radius 2 is 1.65 bits per heavy atom.